The molecular weight excluding hydrogens is 218 g/mol. The monoisotopic (exact) mass is 233 g/mol. The zero-order valence-corrected chi connectivity index (χ0v) is 10.5. The topological polar surface area (TPSA) is 35.2 Å². The maximum Gasteiger partial charge on any atom is 0.127 e. The summed E-state index contributed by atoms with van der Waals surface area (Å²) in [5, 5.41) is 0. The van der Waals surface area contributed by atoms with Crippen LogP contribution in [0, 0.1) is 13.8 Å². The Morgan fingerprint density at radius 3 is 2.50 bits per heavy atom. The minimum absolute atomic E-state index is 0.765. The molecule has 2 N–H and O–H groups in total. The summed E-state index contributed by atoms with van der Waals surface area (Å²) in [6, 6.07) is 7.93. The van der Waals surface area contributed by atoms with E-state index in [-0.39, 0.29) is 0 Å². The number of hydrogen-bond donors (Lipinski definition) is 1. The first-order valence-corrected chi connectivity index (χ1v) is 5.94. The summed E-state index contributed by atoms with van der Waals surface area (Å²) in [7, 11) is 1.69. The van der Waals surface area contributed by atoms with Gasteiger partial charge in [-0.3, -0.25) is 0 Å². The average molecular weight is 233 g/mol. The van der Waals surface area contributed by atoms with Gasteiger partial charge in [-0.25, -0.2) is 0 Å². The number of methoxy groups -OCH3 is 1. The molecule has 0 unspecified atom stereocenters. The SMILES string of the molecule is COc1ccc(N)cc1-c1sc(C)cc1C. The van der Waals surface area contributed by atoms with Gasteiger partial charge in [-0.15, -0.1) is 11.3 Å². The van der Waals surface area contributed by atoms with E-state index in [1.54, 1.807) is 18.4 Å². The summed E-state index contributed by atoms with van der Waals surface area (Å²) in [6.45, 7) is 4.22. The van der Waals surface area contributed by atoms with E-state index in [0.717, 1.165) is 17.0 Å². The lowest BCUT2D eigenvalue weighted by Gasteiger charge is -2.08. The molecule has 2 rings (SSSR count). The molecular formula is C13H15NOS. The fourth-order valence-electron chi connectivity index (χ4n) is 1.81. The van der Waals surface area contributed by atoms with E-state index in [0.29, 0.717) is 0 Å². The third kappa shape index (κ3) is 1.91. The number of ether oxygens (including phenoxy) is 1. The van der Waals surface area contributed by atoms with Crippen molar-refractivity contribution in [1.82, 2.24) is 0 Å². The number of anilines is 1. The summed E-state index contributed by atoms with van der Waals surface area (Å²) in [5.74, 6) is 0.874. The molecule has 84 valence electrons. The van der Waals surface area contributed by atoms with Crippen molar-refractivity contribution in [2.45, 2.75) is 13.8 Å². The second-order valence-corrected chi connectivity index (χ2v) is 5.09. The molecule has 0 radical (unpaired) electrons. The van der Waals surface area contributed by atoms with E-state index < -0.39 is 0 Å². The minimum Gasteiger partial charge on any atom is -0.496 e. The van der Waals surface area contributed by atoms with Gasteiger partial charge in [0.1, 0.15) is 5.75 Å². The molecule has 0 saturated heterocycles. The molecule has 0 aliphatic carbocycles. The molecule has 2 aromatic rings. The zero-order valence-electron chi connectivity index (χ0n) is 9.70. The third-order valence-electron chi connectivity index (χ3n) is 2.51. The molecule has 1 heterocycles. The molecule has 0 amide bonds. The van der Waals surface area contributed by atoms with Gasteiger partial charge in [-0.2, -0.15) is 0 Å². The quantitative estimate of drug-likeness (QED) is 0.804. The lowest BCUT2D eigenvalue weighted by molar-refractivity contribution is 0.416. The molecule has 0 fully saturated rings. The van der Waals surface area contributed by atoms with E-state index in [1.165, 1.54) is 15.3 Å². The molecule has 3 heteroatoms. The van der Waals surface area contributed by atoms with Crippen LogP contribution in [0.4, 0.5) is 5.69 Å². The Balaban J connectivity index is 2.62. The zero-order chi connectivity index (χ0) is 11.7. The van der Waals surface area contributed by atoms with Crippen LogP contribution in [0.1, 0.15) is 10.4 Å². The fraction of sp³-hybridized carbons (Fsp3) is 0.231. The van der Waals surface area contributed by atoms with Crippen molar-refractivity contribution in [2.75, 3.05) is 12.8 Å². The molecule has 1 aromatic carbocycles. The molecule has 0 aliphatic heterocycles. The molecule has 2 nitrogen and oxygen atoms in total. The number of hydrogen-bond acceptors (Lipinski definition) is 3. The number of aryl methyl sites for hydroxylation is 2. The lowest BCUT2D eigenvalue weighted by atomic mass is 10.1. The van der Waals surface area contributed by atoms with Crippen molar-refractivity contribution in [3.63, 3.8) is 0 Å². The first kappa shape index (κ1) is 11.0. The van der Waals surface area contributed by atoms with Crippen molar-refractivity contribution < 1.29 is 4.74 Å². The number of nitrogen functional groups attached to an aromatic ring is 1. The Hall–Kier alpha value is -1.48. The van der Waals surface area contributed by atoms with Crippen molar-refractivity contribution in [1.29, 1.82) is 0 Å². The largest absolute Gasteiger partial charge is 0.496 e. The van der Waals surface area contributed by atoms with Gasteiger partial charge >= 0.3 is 0 Å². The molecule has 1 aromatic heterocycles. The second kappa shape index (κ2) is 4.18. The molecule has 0 bridgehead atoms. The highest BCUT2D eigenvalue weighted by molar-refractivity contribution is 7.15. The van der Waals surface area contributed by atoms with Crippen molar-refractivity contribution in [3.05, 3.63) is 34.7 Å². The predicted octanol–water partition coefficient (Wildman–Crippen LogP) is 3.62. The van der Waals surface area contributed by atoms with E-state index in [4.69, 9.17) is 10.5 Å². The van der Waals surface area contributed by atoms with Crippen LogP contribution in [0.25, 0.3) is 10.4 Å². The van der Waals surface area contributed by atoms with E-state index in [1.807, 2.05) is 18.2 Å². The molecule has 0 aliphatic rings. The van der Waals surface area contributed by atoms with Crippen LogP contribution in [-0.2, 0) is 0 Å². The van der Waals surface area contributed by atoms with Gasteiger partial charge in [0.25, 0.3) is 0 Å². The van der Waals surface area contributed by atoms with Crippen molar-refractivity contribution in [3.8, 4) is 16.2 Å². The normalized spacial score (nSPS) is 10.4. The highest BCUT2D eigenvalue weighted by Crippen LogP contribution is 2.38. The highest BCUT2D eigenvalue weighted by atomic mass is 32.1. The number of benzene rings is 1. The summed E-state index contributed by atoms with van der Waals surface area (Å²) in [5.41, 5.74) is 8.94. The van der Waals surface area contributed by atoms with E-state index in [9.17, 15) is 0 Å². The fourth-order valence-corrected chi connectivity index (χ4v) is 2.86. The first-order chi connectivity index (χ1) is 7.61. The van der Waals surface area contributed by atoms with E-state index in [2.05, 4.69) is 19.9 Å². The Bertz CT molecular complexity index is 517. The third-order valence-corrected chi connectivity index (χ3v) is 3.69. The standard InChI is InChI=1S/C13H15NOS/c1-8-6-9(2)16-13(8)11-7-10(14)4-5-12(11)15-3/h4-7H,14H2,1-3H3. The Morgan fingerprint density at radius 2 is 1.94 bits per heavy atom. The van der Waals surface area contributed by atoms with Gasteiger partial charge in [0, 0.05) is 21.0 Å². The van der Waals surface area contributed by atoms with Gasteiger partial charge in [-0.1, -0.05) is 0 Å². The van der Waals surface area contributed by atoms with Crippen LogP contribution >= 0.6 is 11.3 Å². The van der Waals surface area contributed by atoms with Gasteiger partial charge in [0.05, 0.1) is 7.11 Å². The predicted molar refractivity (Wildman–Crippen MR) is 70.2 cm³/mol. The van der Waals surface area contributed by atoms with Gasteiger partial charge in [-0.05, 0) is 43.7 Å². The smallest absolute Gasteiger partial charge is 0.127 e. The molecule has 0 spiro atoms. The number of rotatable bonds is 2. The van der Waals surface area contributed by atoms with Crippen LogP contribution in [0.3, 0.4) is 0 Å². The lowest BCUT2D eigenvalue weighted by Crippen LogP contribution is -1.90. The molecule has 0 saturated carbocycles. The van der Waals surface area contributed by atoms with Crippen LogP contribution in [0.15, 0.2) is 24.3 Å². The van der Waals surface area contributed by atoms with Gasteiger partial charge in [0.15, 0.2) is 0 Å². The summed E-state index contributed by atoms with van der Waals surface area (Å²) in [6.07, 6.45) is 0. The minimum atomic E-state index is 0.765. The first-order valence-electron chi connectivity index (χ1n) is 5.12. The van der Waals surface area contributed by atoms with E-state index >= 15 is 0 Å². The Labute approximate surface area is 99.7 Å². The Kier molecular flexibility index (Phi) is 2.88. The molecule has 0 atom stereocenters. The van der Waals surface area contributed by atoms with Crippen LogP contribution in [0.5, 0.6) is 5.75 Å². The van der Waals surface area contributed by atoms with Crippen LogP contribution in [-0.4, -0.2) is 7.11 Å². The van der Waals surface area contributed by atoms with Crippen molar-refractivity contribution in [2.24, 2.45) is 0 Å². The highest BCUT2D eigenvalue weighted by Gasteiger charge is 2.11. The maximum absolute atomic E-state index is 5.83. The number of thiophene rings is 1. The summed E-state index contributed by atoms with van der Waals surface area (Å²) in [4.78, 5) is 2.54. The number of nitrogens with two attached hydrogens (primary N) is 1. The van der Waals surface area contributed by atoms with Crippen molar-refractivity contribution >= 4 is 17.0 Å². The van der Waals surface area contributed by atoms with Gasteiger partial charge in [0.2, 0.25) is 0 Å². The average Bonchev–Trinajstić information content (AvgIpc) is 2.57. The molecule has 16 heavy (non-hydrogen) atoms. The summed E-state index contributed by atoms with van der Waals surface area (Å²) < 4.78 is 5.37. The van der Waals surface area contributed by atoms with Gasteiger partial charge < -0.3 is 10.5 Å². The van der Waals surface area contributed by atoms with Crippen LogP contribution < -0.4 is 10.5 Å². The van der Waals surface area contributed by atoms with Crippen LogP contribution in [0.2, 0.25) is 0 Å². The Morgan fingerprint density at radius 1 is 1.19 bits per heavy atom. The second-order valence-electron chi connectivity index (χ2n) is 3.83. The summed E-state index contributed by atoms with van der Waals surface area (Å²) >= 11 is 1.77. The maximum atomic E-state index is 5.83.